The third kappa shape index (κ3) is 13.0. The number of nitrogens with zero attached hydrogens (tertiary/aromatic N) is 3. The Hall–Kier alpha value is -5.03. The van der Waals surface area contributed by atoms with Crippen LogP contribution in [0, 0.1) is 31.6 Å². The molecule has 0 aliphatic rings. The van der Waals surface area contributed by atoms with Gasteiger partial charge in [0.25, 0.3) is 0 Å². The SMILES string of the molecule is CC[C@@H](C)[C@@H](OC(=O)[C@H](Cc1ccc(C)cc1)N(C)C)C(=O)C[C@H](C(=O)N(C)[C@H](Cc1ccc(O)cc1)C(=O)N(C)[C@@H](Cc1ccc(C)cc1)C(=O)OC)C(C)C. The lowest BCUT2D eigenvalue weighted by Gasteiger charge is -2.36. The molecule has 0 bridgehead atoms. The summed E-state index contributed by atoms with van der Waals surface area (Å²) in [5, 5.41) is 9.95. The smallest absolute Gasteiger partial charge is 0.328 e. The molecule has 0 heterocycles. The third-order valence-electron chi connectivity index (χ3n) is 11.0. The molecule has 2 amide bonds. The first kappa shape index (κ1) is 46.4. The zero-order valence-electron chi connectivity index (χ0n) is 35.7. The fourth-order valence-corrected chi connectivity index (χ4v) is 6.79. The Balaban J connectivity index is 1.93. The minimum Gasteiger partial charge on any atom is -0.508 e. The fraction of sp³-hybridized carbons (Fsp3) is 0.500. The number of hydrogen-bond acceptors (Lipinski definition) is 9. The normalized spacial score (nSPS) is 14.5. The lowest BCUT2D eigenvalue weighted by Crippen LogP contribution is -2.55. The number of carbonyl (C=O) groups excluding carboxylic acids is 5. The molecule has 3 rings (SSSR count). The Morgan fingerprint density at radius 2 is 1.07 bits per heavy atom. The van der Waals surface area contributed by atoms with Gasteiger partial charge in [0.2, 0.25) is 11.8 Å². The van der Waals surface area contributed by atoms with Gasteiger partial charge in [-0.3, -0.25) is 24.1 Å². The summed E-state index contributed by atoms with van der Waals surface area (Å²) in [5.41, 5.74) is 4.63. The molecular formula is C46H63N3O8. The van der Waals surface area contributed by atoms with Crippen molar-refractivity contribution < 1.29 is 38.6 Å². The summed E-state index contributed by atoms with van der Waals surface area (Å²) in [5.74, 6) is -3.85. The van der Waals surface area contributed by atoms with E-state index >= 15 is 0 Å². The van der Waals surface area contributed by atoms with E-state index in [-0.39, 0.29) is 42.6 Å². The average Bonchev–Trinajstić information content (AvgIpc) is 3.19. The van der Waals surface area contributed by atoms with Crippen molar-refractivity contribution in [3.05, 3.63) is 101 Å². The first-order valence-corrected chi connectivity index (χ1v) is 19.8. The van der Waals surface area contributed by atoms with Crippen LogP contribution >= 0.6 is 0 Å². The Morgan fingerprint density at radius 3 is 1.51 bits per heavy atom. The van der Waals surface area contributed by atoms with Crippen molar-refractivity contribution in [2.45, 2.75) is 97.9 Å². The first-order chi connectivity index (χ1) is 26.9. The molecule has 0 radical (unpaired) electrons. The number of Topliss-reactive ketones (excluding diaryl/α,β-unsaturated/α-hetero) is 1. The predicted molar refractivity (Wildman–Crippen MR) is 221 cm³/mol. The van der Waals surface area contributed by atoms with Gasteiger partial charge in [0.1, 0.15) is 23.9 Å². The van der Waals surface area contributed by atoms with Gasteiger partial charge in [-0.25, -0.2) is 4.79 Å². The molecule has 0 aliphatic carbocycles. The van der Waals surface area contributed by atoms with E-state index in [2.05, 4.69) is 0 Å². The molecule has 11 heteroatoms. The number of hydrogen-bond donors (Lipinski definition) is 1. The minimum absolute atomic E-state index is 0.0500. The highest BCUT2D eigenvalue weighted by molar-refractivity contribution is 5.94. The van der Waals surface area contributed by atoms with Gasteiger partial charge in [0.05, 0.1) is 7.11 Å². The number of phenolic OH excluding ortho intramolecular Hbond substituents is 1. The second kappa shape index (κ2) is 21.5. The molecule has 0 saturated heterocycles. The van der Waals surface area contributed by atoms with Crippen molar-refractivity contribution in [1.29, 1.82) is 0 Å². The molecule has 57 heavy (non-hydrogen) atoms. The average molecular weight is 786 g/mol. The Morgan fingerprint density at radius 1 is 0.632 bits per heavy atom. The Labute approximate surface area is 339 Å². The van der Waals surface area contributed by atoms with E-state index in [1.165, 1.54) is 43.1 Å². The molecular weight excluding hydrogens is 723 g/mol. The topological polar surface area (TPSA) is 134 Å². The van der Waals surface area contributed by atoms with Crippen LogP contribution in [0.2, 0.25) is 0 Å². The van der Waals surface area contributed by atoms with Crippen molar-refractivity contribution >= 4 is 29.5 Å². The molecule has 0 unspecified atom stereocenters. The molecule has 310 valence electrons. The second-order valence-electron chi connectivity index (χ2n) is 15.9. The molecule has 3 aromatic rings. The van der Waals surface area contributed by atoms with E-state index in [0.29, 0.717) is 18.4 Å². The molecule has 11 nitrogen and oxygen atoms in total. The van der Waals surface area contributed by atoms with Crippen LogP contribution < -0.4 is 0 Å². The number of ketones is 1. The van der Waals surface area contributed by atoms with Crippen LogP contribution in [0.4, 0.5) is 0 Å². The molecule has 1 N–H and O–H groups in total. The predicted octanol–water partition coefficient (Wildman–Crippen LogP) is 5.98. The second-order valence-corrected chi connectivity index (χ2v) is 15.9. The van der Waals surface area contributed by atoms with Crippen molar-refractivity contribution in [3.8, 4) is 5.75 Å². The zero-order valence-corrected chi connectivity index (χ0v) is 35.7. The van der Waals surface area contributed by atoms with Gasteiger partial charge in [0, 0.05) is 45.2 Å². The third-order valence-corrected chi connectivity index (χ3v) is 11.0. The summed E-state index contributed by atoms with van der Waals surface area (Å²) in [6.45, 7) is 11.4. The highest BCUT2D eigenvalue weighted by Gasteiger charge is 2.40. The van der Waals surface area contributed by atoms with Gasteiger partial charge in [-0.1, -0.05) is 99.5 Å². The van der Waals surface area contributed by atoms with Gasteiger partial charge in [0.15, 0.2) is 11.9 Å². The maximum absolute atomic E-state index is 14.6. The molecule has 0 fully saturated rings. The van der Waals surface area contributed by atoms with Crippen molar-refractivity contribution in [1.82, 2.24) is 14.7 Å². The van der Waals surface area contributed by atoms with Crippen molar-refractivity contribution in [3.63, 3.8) is 0 Å². The molecule has 0 saturated carbocycles. The van der Waals surface area contributed by atoms with Crippen LogP contribution in [0.1, 0.15) is 68.4 Å². The maximum Gasteiger partial charge on any atom is 0.328 e. The summed E-state index contributed by atoms with van der Waals surface area (Å²) in [6.07, 6.45) is -0.0562. The van der Waals surface area contributed by atoms with E-state index < -0.39 is 53.9 Å². The summed E-state index contributed by atoms with van der Waals surface area (Å²) >= 11 is 0. The number of aryl methyl sites for hydroxylation is 2. The number of rotatable bonds is 20. The number of ether oxygens (including phenoxy) is 2. The maximum atomic E-state index is 14.6. The van der Waals surface area contributed by atoms with Crippen molar-refractivity contribution in [2.75, 3.05) is 35.3 Å². The quantitative estimate of drug-likeness (QED) is 0.137. The number of methoxy groups -OCH3 is 1. The van der Waals surface area contributed by atoms with Gasteiger partial charge >= 0.3 is 11.9 Å². The zero-order chi connectivity index (χ0) is 42.6. The van der Waals surface area contributed by atoms with Gasteiger partial charge < -0.3 is 24.4 Å². The molecule has 6 atom stereocenters. The number of carbonyl (C=O) groups is 5. The molecule has 0 aromatic heterocycles. The van der Waals surface area contributed by atoms with Gasteiger partial charge in [-0.2, -0.15) is 0 Å². The number of phenols is 1. The Kier molecular flexibility index (Phi) is 17.5. The highest BCUT2D eigenvalue weighted by Crippen LogP contribution is 2.26. The fourth-order valence-electron chi connectivity index (χ4n) is 6.79. The number of aromatic hydroxyl groups is 1. The van der Waals surface area contributed by atoms with Crippen LogP contribution in [0.15, 0.2) is 72.8 Å². The molecule has 0 spiro atoms. The highest BCUT2D eigenvalue weighted by atomic mass is 16.5. The van der Waals surface area contributed by atoms with Crippen LogP contribution in [0.3, 0.4) is 0 Å². The summed E-state index contributed by atoms with van der Waals surface area (Å²) in [7, 11) is 7.92. The first-order valence-electron chi connectivity index (χ1n) is 19.8. The standard InChI is InChI=1S/C46H63N3O8/c1-12-32(6)42(57-46(55)39(47(7)8)26-33-17-13-30(4)14-18-33)41(51)28-37(29(2)3)43(52)48(9)38(25-35-21-23-36(50)24-22-35)44(53)49(10)40(45(54)56-11)27-34-19-15-31(5)16-20-34/h13-24,29,32,37-40,42,50H,12,25-28H2,1-11H3/t32-,37+,38-,39+,40+,42-/m1/s1. The van der Waals surface area contributed by atoms with Gasteiger partial charge in [-0.05, 0) is 75.5 Å². The lowest BCUT2D eigenvalue weighted by molar-refractivity contribution is -0.163. The summed E-state index contributed by atoms with van der Waals surface area (Å²) in [4.78, 5) is 74.7. The number of likely N-dealkylation sites (N-methyl/N-ethyl adjacent to an activating group) is 3. The summed E-state index contributed by atoms with van der Waals surface area (Å²) < 4.78 is 11.2. The minimum atomic E-state index is -1.08. The largest absolute Gasteiger partial charge is 0.508 e. The van der Waals surface area contributed by atoms with E-state index in [0.717, 1.165) is 22.3 Å². The van der Waals surface area contributed by atoms with Crippen LogP contribution in [-0.2, 0) is 52.7 Å². The molecule has 0 aliphatic heterocycles. The number of esters is 2. The van der Waals surface area contributed by atoms with E-state index in [4.69, 9.17) is 9.47 Å². The van der Waals surface area contributed by atoms with Crippen molar-refractivity contribution in [2.24, 2.45) is 17.8 Å². The monoisotopic (exact) mass is 785 g/mol. The van der Waals surface area contributed by atoms with Crippen LogP contribution in [0.25, 0.3) is 0 Å². The van der Waals surface area contributed by atoms with E-state index in [1.54, 1.807) is 31.1 Å². The molecule has 3 aromatic carbocycles. The number of amides is 2. The number of benzene rings is 3. The summed E-state index contributed by atoms with van der Waals surface area (Å²) in [6, 6.07) is 19.2. The van der Waals surface area contributed by atoms with E-state index in [1.807, 2.05) is 90.1 Å². The van der Waals surface area contributed by atoms with Crippen LogP contribution in [-0.4, -0.2) is 109 Å². The lowest BCUT2D eigenvalue weighted by atomic mass is 9.85. The Bertz CT molecular complexity index is 1790. The van der Waals surface area contributed by atoms with E-state index in [9.17, 15) is 29.1 Å². The van der Waals surface area contributed by atoms with Crippen LogP contribution in [0.5, 0.6) is 5.75 Å². The van der Waals surface area contributed by atoms with Gasteiger partial charge in [-0.15, -0.1) is 0 Å².